The van der Waals surface area contributed by atoms with E-state index in [0.717, 1.165) is 11.6 Å². The van der Waals surface area contributed by atoms with Gasteiger partial charge in [-0.2, -0.15) is 0 Å². The van der Waals surface area contributed by atoms with Gasteiger partial charge in [0.15, 0.2) is 5.13 Å². The van der Waals surface area contributed by atoms with Crippen molar-refractivity contribution in [2.75, 3.05) is 38.9 Å². The van der Waals surface area contributed by atoms with Gasteiger partial charge in [0.05, 0.1) is 24.9 Å². The molecule has 6 nitrogen and oxygen atoms in total. The van der Waals surface area contributed by atoms with Gasteiger partial charge in [0, 0.05) is 20.8 Å². The third kappa shape index (κ3) is 4.94. The number of carboxylic acids is 1. The molecule has 21 heavy (non-hydrogen) atoms. The molecule has 1 atom stereocenters. The Hall–Kier alpha value is -1.18. The van der Waals surface area contributed by atoms with E-state index in [0.29, 0.717) is 36.8 Å². The predicted octanol–water partition coefficient (Wildman–Crippen LogP) is 2.28. The zero-order chi connectivity index (χ0) is 15.8. The summed E-state index contributed by atoms with van der Waals surface area (Å²) in [5.41, 5.74) is 0.664. The molecule has 0 bridgehead atoms. The topological polar surface area (TPSA) is 71.9 Å². The molecule has 0 spiro atoms. The minimum Gasteiger partial charge on any atom is -0.477 e. The standard InChI is InChI=1S/C14H24N2O4S/c1-5-6-11-12(13(17)18)21-14(15-11)16(7-8-19-3)10(2)9-20-4/h10H,5-9H2,1-4H3,(H,17,18). The predicted molar refractivity (Wildman–Crippen MR) is 83.6 cm³/mol. The molecule has 1 aromatic heterocycles. The number of carbonyl (C=O) groups is 1. The van der Waals surface area contributed by atoms with Crippen LogP contribution in [0.4, 0.5) is 5.13 Å². The molecule has 0 aromatic carbocycles. The first-order valence-corrected chi connectivity index (χ1v) is 7.84. The van der Waals surface area contributed by atoms with Crippen molar-refractivity contribution in [3.8, 4) is 0 Å². The van der Waals surface area contributed by atoms with E-state index in [-0.39, 0.29) is 6.04 Å². The molecule has 0 fully saturated rings. The van der Waals surface area contributed by atoms with Crippen LogP contribution in [-0.4, -0.2) is 56.1 Å². The average molecular weight is 316 g/mol. The summed E-state index contributed by atoms with van der Waals surface area (Å²) in [5.74, 6) is -0.909. The van der Waals surface area contributed by atoms with Crippen molar-refractivity contribution in [2.45, 2.75) is 32.7 Å². The van der Waals surface area contributed by atoms with Crippen molar-refractivity contribution in [3.63, 3.8) is 0 Å². The zero-order valence-electron chi connectivity index (χ0n) is 13.1. The number of hydrogen-bond donors (Lipinski definition) is 1. The summed E-state index contributed by atoms with van der Waals surface area (Å²) in [7, 11) is 3.30. The SMILES string of the molecule is CCCc1nc(N(CCOC)C(C)COC)sc1C(=O)O. The number of rotatable bonds is 10. The quantitative estimate of drug-likeness (QED) is 0.714. The normalized spacial score (nSPS) is 12.4. The third-order valence-corrected chi connectivity index (χ3v) is 4.21. The summed E-state index contributed by atoms with van der Waals surface area (Å²) in [6, 6.07) is 0.104. The van der Waals surface area contributed by atoms with E-state index in [2.05, 4.69) is 4.98 Å². The molecular weight excluding hydrogens is 292 g/mol. The van der Waals surface area contributed by atoms with Gasteiger partial charge in [0.1, 0.15) is 4.88 Å². The van der Waals surface area contributed by atoms with Crippen LogP contribution in [0.15, 0.2) is 0 Å². The van der Waals surface area contributed by atoms with Crippen LogP contribution in [0.1, 0.15) is 35.6 Å². The maximum atomic E-state index is 11.3. The highest BCUT2D eigenvalue weighted by Crippen LogP contribution is 2.28. The second-order valence-electron chi connectivity index (χ2n) is 4.82. The Morgan fingerprint density at radius 2 is 2.14 bits per heavy atom. The van der Waals surface area contributed by atoms with Crippen LogP contribution in [0, 0.1) is 0 Å². The van der Waals surface area contributed by atoms with Crippen molar-refractivity contribution in [2.24, 2.45) is 0 Å². The maximum absolute atomic E-state index is 11.3. The van der Waals surface area contributed by atoms with E-state index in [1.807, 2.05) is 18.7 Å². The van der Waals surface area contributed by atoms with Gasteiger partial charge in [-0.1, -0.05) is 24.7 Å². The average Bonchev–Trinajstić information content (AvgIpc) is 2.84. The maximum Gasteiger partial charge on any atom is 0.347 e. The first-order chi connectivity index (χ1) is 10.0. The molecule has 0 aliphatic heterocycles. The fourth-order valence-corrected chi connectivity index (χ4v) is 3.14. The molecule has 1 N–H and O–H groups in total. The summed E-state index contributed by atoms with van der Waals surface area (Å²) >= 11 is 1.22. The van der Waals surface area contributed by atoms with E-state index in [1.54, 1.807) is 14.2 Å². The third-order valence-electron chi connectivity index (χ3n) is 3.09. The van der Waals surface area contributed by atoms with Crippen LogP contribution in [0.3, 0.4) is 0 Å². The van der Waals surface area contributed by atoms with Crippen LogP contribution >= 0.6 is 11.3 Å². The Kier molecular flexibility index (Phi) is 7.63. The Bertz CT molecular complexity index is 450. The Balaban J connectivity index is 3.05. The lowest BCUT2D eigenvalue weighted by atomic mass is 10.2. The minimum atomic E-state index is -0.909. The second kappa shape index (κ2) is 8.96. The van der Waals surface area contributed by atoms with Gasteiger partial charge in [-0.25, -0.2) is 9.78 Å². The van der Waals surface area contributed by atoms with Crippen molar-refractivity contribution in [1.82, 2.24) is 4.98 Å². The van der Waals surface area contributed by atoms with E-state index in [1.165, 1.54) is 11.3 Å². The van der Waals surface area contributed by atoms with E-state index in [9.17, 15) is 9.90 Å². The second-order valence-corrected chi connectivity index (χ2v) is 5.80. The summed E-state index contributed by atoms with van der Waals surface area (Å²) in [6.07, 6.45) is 1.55. The molecule has 0 amide bonds. The number of ether oxygens (including phenoxy) is 2. The van der Waals surface area contributed by atoms with E-state index in [4.69, 9.17) is 9.47 Å². The lowest BCUT2D eigenvalue weighted by Gasteiger charge is -2.28. The van der Waals surface area contributed by atoms with Crippen molar-refractivity contribution in [1.29, 1.82) is 0 Å². The van der Waals surface area contributed by atoms with E-state index >= 15 is 0 Å². The molecule has 7 heteroatoms. The van der Waals surface area contributed by atoms with Crippen molar-refractivity contribution >= 4 is 22.4 Å². The summed E-state index contributed by atoms with van der Waals surface area (Å²) < 4.78 is 10.3. The van der Waals surface area contributed by atoms with E-state index < -0.39 is 5.97 Å². The number of hydrogen-bond acceptors (Lipinski definition) is 6. The number of nitrogens with zero attached hydrogens (tertiary/aromatic N) is 2. The fourth-order valence-electron chi connectivity index (χ4n) is 2.06. The Morgan fingerprint density at radius 3 is 2.67 bits per heavy atom. The molecule has 1 rings (SSSR count). The summed E-state index contributed by atoms with van der Waals surface area (Å²) in [4.78, 5) is 18.3. The van der Waals surface area contributed by atoms with Crippen LogP contribution in [0.5, 0.6) is 0 Å². The molecule has 0 aliphatic carbocycles. The summed E-state index contributed by atoms with van der Waals surface area (Å²) in [5, 5.41) is 10.0. The molecule has 1 unspecified atom stereocenters. The minimum absolute atomic E-state index is 0.104. The van der Waals surface area contributed by atoms with Gasteiger partial charge in [0.25, 0.3) is 0 Å². The number of methoxy groups -OCH3 is 2. The van der Waals surface area contributed by atoms with Crippen molar-refractivity contribution in [3.05, 3.63) is 10.6 Å². The number of anilines is 1. The highest BCUT2D eigenvalue weighted by molar-refractivity contribution is 7.17. The van der Waals surface area contributed by atoms with Crippen LogP contribution in [-0.2, 0) is 15.9 Å². The number of aromatic nitrogens is 1. The van der Waals surface area contributed by atoms with Gasteiger partial charge in [-0.3, -0.25) is 0 Å². The highest BCUT2D eigenvalue weighted by Gasteiger charge is 2.23. The molecule has 0 saturated carbocycles. The monoisotopic (exact) mass is 316 g/mol. The first kappa shape index (κ1) is 17.9. The van der Waals surface area contributed by atoms with Gasteiger partial charge in [-0.05, 0) is 13.3 Å². The number of aryl methyl sites for hydroxylation is 1. The molecular formula is C14H24N2O4S. The lowest BCUT2D eigenvalue weighted by molar-refractivity contribution is 0.0700. The van der Waals surface area contributed by atoms with Gasteiger partial charge in [0.2, 0.25) is 0 Å². The number of aromatic carboxylic acids is 1. The Morgan fingerprint density at radius 1 is 1.43 bits per heavy atom. The molecule has 0 aliphatic rings. The van der Waals surface area contributed by atoms with Gasteiger partial charge < -0.3 is 19.5 Å². The van der Waals surface area contributed by atoms with Crippen LogP contribution < -0.4 is 4.90 Å². The van der Waals surface area contributed by atoms with Gasteiger partial charge in [-0.15, -0.1) is 0 Å². The molecule has 0 saturated heterocycles. The van der Waals surface area contributed by atoms with Crippen LogP contribution in [0.2, 0.25) is 0 Å². The summed E-state index contributed by atoms with van der Waals surface area (Å²) in [6.45, 7) is 5.80. The molecule has 1 aromatic rings. The molecule has 120 valence electrons. The number of carboxylic acid groups (broad SMARTS) is 1. The van der Waals surface area contributed by atoms with Gasteiger partial charge >= 0.3 is 5.97 Å². The fraction of sp³-hybridized carbons (Fsp3) is 0.714. The zero-order valence-corrected chi connectivity index (χ0v) is 13.9. The van der Waals surface area contributed by atoms with Crippen molar-refractivity contribution < 1.29 is 19.4 Å². The molecule has 0 radical (unpaired) electrons. The Labute approximate surface area is 129 Å². The molecule has 1 heterocycles. The highest BCUT2D eigenvalue weighted by atomic mass is 32.1. The smallest absolute Gasteiger partial charge is 0.347 e. The largest absolute Gasteiger partial charge is 0.477 e. The number of thiazole rings is 1. The first-order valence-electron chi connectivity index (χ1n) is 7.02. The lowest BCUT2D eigenvalue weighted by Crippen LogP contribution is -2.38. The van der Waals surface area contributed by atoms with Crippen LogP contribution in [0.25, 0.3) is 0 Å².